The minimum Gasteiger partial charge on any atom is -0.329 e. The Balaban J connectivity index is 1.76. The highest BCUT2D eigenvalue weighted by Crippen LogP contribution is 2.53. The van der Waals surface area contributed by atoms with E-state index in [2.05, 4.69) is 11.8 Å². The van der Waals surface area contributed by atoms with E-state index in [9.17, 15) is 0 Å². The van der Waals surface area contributed by atoms with Crippen molar-refractivity contribution in [3.05, 3.63) is 0 Å². The van der Waals surface area contributed by atoms with E-state index >= 15 is 0 Å². The predicted molar refractivity (Wildman–Crippen MR) is 51.0 cm³/mol. The zero-order chi connectivity index (χ0) is 8.60. The Labute approximate surface area is 75.1 Å². The molecule has 1 aliphatic carbocycles. The average Bonchev–Trinajstić information content (AvgIpc) is 2.77. The third kappa shape index (κ3) is 1.38. The summed E-state index contributed by atoms with van der Waals surface area (Å²) in [6.07, 6.45) is 5.51. The van der Waals surface area contributed by atoms with Gasteiger partial charge in [-0.05, 0) is 24.7 Å². The molecule has 1 saturated heterocycles. The molecule has 70 valence electrons. The molecule has 12 heavy (non-hydrogen) atoms. The number of nitrogens with two attached hydrogens (primary N) is 1. The molecule has 2 nitrogen and oxygen atoms in total. The molecular weight excluding hydrogens is 148 g/mol. The van der Waals surface area contributed by atoms with Crippen molar-refractivity contribution in [2.45, 2.75) is 38.6 Å². The van der Waals surface area contributed by atoms with Crippen LogP contribution in [0, 0.1) is 5.41 Å². The summed E-state index contributed by atoms with van der Waals surface area (Å²) in [5.41, 5.74) is 6.53. The van der Waals surface area contributed by atoms with E-state index in [1.54, 1.807) is 0 Å². The van der Waals surface area contributed by atoms with Gasteiger partial charge in [-0.1, -0.05) is 13.3 Å². The lowest BCUT2D eigenvalue weighted by atomic mass is 9.93. The first kappa shape index (κ1) is 8.52. The van der Waals surface area contributed by atoms with E-state index in [0.29, 0.717) is 6.04 Å². The fourth-order valence-corrected chi connectivity index (χ4v) is 2.35. The van der Waals surface area contributed by atoms with Gasteiger partial charge in [-0.2, -0.15) is 0 Å². The Morgan fingerprint density at radius 1 is 1.42 bits per heavy atom. The maximum absolute atomic E-state index is 5.74. The highest BCUT2D eigenvalue weighted by molar-refractivity contribution is 5.06. The Hall–Kier alpha value is -0.0800. The zero-order valence-electron chi connectivity index (χ0n) is 8.05. The Morgan fingerprint density at radius 2 is 2.08 bits per heavy atom. The second-order valence-corrected chi connectivity index (χ2v) is 4.58. The summed E-state index contributed by atoms with van der Waals surface area (Å²) in [5, 5.41) is 0. The molecule has 1 spiro atoms. The third-order valence-electron chi connectivity index (χ3n) is 3.44. The van der Waals surface area contributed by atoms with Crippen molar-refractivity contribution in [1.82, 2.24) is 4.90 Å². The van der Waals surface area contributed by atoms with Crippen molar-refractivity contribution in [1.29, 1.82) is 0 Å². The maximum atomic E-state index is 5.74. The van der Waals surface area contributed by atoms with E-state index in [4.69, 9.17) is 5.73 Å². The lowest BCUT2D eigenvalue weighted by Crippen LogP contribution is -2.55. The van der Waals surface area contributed by atoms with Crippen LogP contribution < -0.4 is 5.73 Å². The van der Waals surface area contributed by atoms with Gasteiger partial charge < -0.3 is 5.73 Å². The molecule has 2 heteroatoms. The van der Waals surface area contributed by atoms with Gasteiger partial charge in [0.1, 0.15) is 0 Å². The molecule has 2 rings (SSSR count). The van der Waals surface area contributed by atoms with Crippen LogP contribution in [-0.4, -0.2) is 30.6 Å². The fraction of sp³-hybridized carbons (Fsp3) is 1.00. The minimum atomic E-state index is 0.682. The van der Waals surface area contributed by atoms with E-state index < -0.39 is 0 Å². The first-order valence-corrected chi connectivity index (χ1v) is 5.24. The van der Waals surface area contributed by atoms with Gasteiger partial charge in [-0.25, -0.2) is 0 Å². The van der Waals surface area contributed by atoms with Crippen LogP contribution in [0.1, 0.15) is 32.6 Å². The molecule has 1 unspecified atom stereocenters. The quantitative estimate of drug-likeness (QED) is 0.683. The van der Waals surface area contributed by atoms with Crippen LogP contribution in [0.25, 0.3) is 0 Å². The van der Waals surface area contributed by atoms with Crippen molar-refractivity contribution in [3.63, 3.8) is 0 Å². The van der Waals surface area contributed by atoms with Crippen molar-refractivity contribution < 1.29 is 0 Å². The predicted octanol–water partition coefficient (Wildman–Crippen LogP) is 1.21. The molecule has 0 bridgehead atoms. The van der Waals surface area contributed by atoms with Crippen LogP contribution in [0.4, 0.5) is 0 Å². The molecule has 1 heterocycles. The molecule has 2 aliphatic rings. The molecule has 2 N–H and O–H groups in total. The largest absolute Gasteiger partial charge is 0.329 e. The summed E-state index contributed by atoms with van der Waals surface area (Å²) < 4.78 is 0. The van der Waals surface area contributed by atoms with E-state index in [-0.39, 0.29) is 0 Å². The van der Waals surface area contributed by atoms with Crippen molar-refractivity contribution >= 4 is 0 Å². The van der Waals surface area contributed by atoms with Crippen LogP contribution in [0.15, 0.2) is 0 Å². The van der Waals surface area contributed by atoms with Crippen LogP contribution in [0.5, 0.6) is 0 Å². The van der Waals surface area contributed by atoms with Gasteiger partial charge in [-0.15, -0.1) is 0 Å². The van der Waals surface area contributed by atoms with E-state index in [0.717, 1.165) is 12.0 Å². The molecule has 0 aromatic carbocycles. The van der Waals surface area contributed by atoms with Gasteiger partial charge in [0.25, 0.3) is 0 Å². The van der Waals surface area contributed by atoms with Crippen molar-refractivity contribution in [3.8, 4) is 0 Å². The third-order valence-corrected chi connectivity index (χ3v) is 3.44. The maximum Gasteiger partial charge on any atom is 0.0218 e. The molecule has 2 fully saturated rings. The monoisotopic (exact) mass is 168 g/mol. The van der Waals surface area contributed by atoms with E-state index in [1.165, 1.54) is 38.8 Å². The van der Waals surface area contributed by atoms with Gasteiger partial charge in [0.05, 0.1) is 0 Å². The number of rotatable bonds is 4. The lowest BCUT2D eigenvalue weighted by Gasteiger charge is -2.45. The summed E-state index contributed by atoms with van der Waals surface area (Å²) in [6, 6.07) is 0.682. The lowest BCUT2D eigenvalue weighted by molar-refractivity contribution is 0.0357. The fourth-order valence-electron chi connectivity index (χ4n) is 2.35. The normalized spacial score (nSPS) is 28.5. The molecule has 0 amide bonds. The molecule has 0 aromatic rings. The Bertz CT molecular complexity index is 155. The van der Waals surface area contributed by atoms with Crippen LogP contribution in [-0.2, 0) is 0 Å². The highest BCUT2D eigenvalue weighted by atomic mass is 15.3. The summed E-state index contributed by atoms with van der Waals surface area (Å²) >= 11 is 0. The average molecular weight is 168 g/mol. The Kier molecular flexibility index (Phi) is 2.13. The first-order valence-electron chi connectivity index (χ1n) is 5.24. The molecule has 1 saturated carbocycles. The molecule has 0 radical (unpaired) electrons. The smallest absolute Gasteiger partial charge is 0.0218 e. The van der Waals surface area contributed by atoms with Crippen molar-refractivity contribution in [2.75, 3.05) is 19.6 Å². The number of hydrogen-bond acceptors (Lipinski definition) is 2. The Morgan fingerprint density at radius 3 is 2.50 bits per heavy atom. The molecule has 1 atom stereocenters. The summed E-state index contributed by atoms with van der Waals surface area (Å²) in [6.45, 7) is 5.78. The topological polar surface area (TPSA) is 29.3 Å². The second kappa shape index (κ2) is 3.00. The van der Waals surface area contributed by atoms with Crippen molar-refractivity contribution in [2.24, 2.45) is 11.1 Å². The molecule has 0 aromatic heterocycles. The van der Waals surface area contributed by atoms with Gasteiger partial charge in [0.2, 0.25) is 0 Å². The van der Waals surface area contributed by atoms with Gasteiger partial charge in [0, 0.05) is 25.7 Å². The first-order chi connectivity index (χ1) is 5.79. The van der Waals surface area contributed by atoms with Gasteiger partial charge in [0.15, 0.2) is 0 Å². The number of likely N-dealkylation sites (tertiary alicyclic amines) is 1. The van der Waals surface area contributed by atoms with Crippen LogP contribution in [0.2, 0.25) is 0 Å². The SMILES string of the molecule is CCCC(CN)N1CC2(CC2)C1. The number of hydrogen-bond donors (Lipinski definition) is 1. The number of nitrogens with zero attached hydrogens (tertiary/aromatic N) is 1. The van der Waals surface area contributed by atoms with Gasteiger partial charge >= 0.3 is 0 Å². The standard InChI is InChI=1S/C10H20N2/c1-2-3-9(6-11)12-7-10(8-12)4-5-10/h9H,2-8,11H2,1H3. The molecule has 1 aliphatic heterocycles. The summed E-state index contributed by atoms with van der Waals surface area (Å²) in [7, 11) is 0. The van der Waals surface area contributed by atoms with Crippen LogP contribution >= 0.6 is 0 Å². The van der Waals surface area contributed by atoms with Crippen LogP contribution in [0.3, 0.4) is 0 Å². The van der Waals surface area contributed by atoms with Gasteiger partial charge in [-0.3, -0.25) is 4.90 Å². The summed E-state index contributed by atoms with van der Waals surface area (Å²) in [5.74, 6) is 0. The second-order valence-electron chi connectivity index (χ2n) is 4.58. The zero-order valence-corrected chi connectivity index (χ0v) is 8.05. The molecular formula is C10H20N2. The minimum absolute atomic E-state index is 0.682. The highest BCUT2D eigenvalue weighted by Gasteiger charge is 2.53. The summed E-state index contributed by atoms with van der Waals surface area (Å²) in [4.78, 5) is 2.58. The van der Waals surface area contributed by atoms with E-state index in [1.807, 2.05) is 0 Å².